The first-order valence-electron chi connectivity index (χ1n) is 5.83. The van der Waals surface area contributed by atoms with Gasteiger partial charge in [0.15, 0.2) is 6.04 Å². The summed E-state index contributed by atoms with van der Waals surface area (Å²) in [4.78, 5) is 33.7. The third-order valence-corrected chi connectivity index (χ3v) is 2.25. The van der Waals surface area contributed by atoms with Gasteiger partial charge in [-0.3, -0.25) is 9.59 Å². The molecule has 0 aliphatic carbocycles. The Morgan fingerprint density at radius 3 is 2.16 bits per heavy atom. The molecule has 7 heteroatoms. The molecule has 0 fully saturated rings. The van der Waals surface area contributed by atoms with Crippen LogP contribution in [-0.4, -0.2) is 48.3 Å². The van der Waals surface area contributed by atoms with Crippen molar-refractivity contribution in [3.05, 3.63) is 0 Å². The summed E-state index contributed by atoms with van der Waals surface area (Å²) in [5, 5.41) is 11.0. The Bertz CT molecular complexity index is 347. The molecule has 19 heavy (non-hydrogen) atoms. The molecule has 0 aromatic heterocycles. The highest BCUT2D eigenvalue weighted by Gasteiger charge is 2.28. The van der Waals surface area contributed by atoms with Crippen molar-refractivity contribution < 1.29 is 29.0 Å². The first-order valence-corrected chi connectivity index (χ1v) is 5.83. The molecule has 1 amide bonds. The molecule has 2 unspecified atom stereocenters. The van der Waals surface area contributed by atoms with Crippen LogP contribution in [0.25, 0.3) is 0 Å². The normalized spacial score (nSPS) is 14.4. The number of carboxylic acids is 1. The molecule has 0 aromatic rings. The Hall–Kier alpha value is -1.63. The number of esters is 1. The molecular weight excluding hydrogens is 254 g/mol. The summed E-state index contributed by atoms with van der Waals surface area (Å²) in [5.41, 5.74) is -0.491. The first kappa shape index (κ1) is 17.4. The number of hydrogen-bond acceptors (Lipinski definition) is 5. The Kier molecular flexibility index (Phi) is 6.47. The third kappa shape index (κ3) is 6.76. The third-order valence-electron chi connectivity index (χ3n) is 2.25. The Morgan fingerprint density at radius 2 is 1.79 bits per heavy atom. The van der Waals surface area contributed by atoms with Gasteiger partial charge >= 0.3 is 11.9 Å². The van der Waals surface area contributed by atoms with Gasteiger partial charge in [0.2, 0.25) is 5.91 Å². The van der Waals surface area contributed by atoms with E-state index in [1.807, 2.05) is 0 Å². The Labute approximate surface area is 112 Å². The minimum Gasteiger partial charge on any atom is -0.481 e. The SMILES string of the molecule is COC(=O)C(COC(C)(C)C)NC(=O)C(C)C(=O)O. The van der Waals surface area contributed by atoms with Gasteiger partial charge in [0, 0.05) is 0 Å². The van der Waals surface area contributed by atoms with Gasteiger partial charge in [0.25, 0.3) is 0 Å². The Morgan fingerprint density at radius 1 is 1.26 bits per heavy atom. The maximum atomic E-state index is 11.6. The molecule has 0 saturated carbocycles. The van der Waals surface area contributed by atoms with Crippen LogP contribution in [0.5, 0.6) is 0 Å². The predicted molar refractivity (Wildman–Crippen MR) is 66.5 cm³/mol. The van der Waals surface area contributed by atoms with Gasteiger partial charge in [-0.25, -0.2) is 4.79 Å². The van der Waals surface area contributed by atoms with Crippen molar-refractivity contribution in [1.82, 2.24) is 5.32 Å². The highest BCUT2D eigenvalue weighted by molar-refractivity contribution is 5.98. The van der Waals surface area contributed by atoms with Crippen molar-refractivity contribution in [3.63, 3.8) is 0 Å². The largest absolute Gasteiger partial charge is 0.481 e. The van der Waals surface area contributed by atoms with Crippen LogP contribution in [0.4, 0.5) is 0 Å². The molecule has 110 valence electrons. The standard InChI is InChI=1S/C12H21NO6/c1-7(10(15)16)9(14)13-8(11(17)18-5)6-19-12(2,3)4/h7-8H,6H2,1-5H3,(H,13,14)(H,15,16). The maximum Gasteiger partial charge on any atom is 0.330 e. The molecule has 0 saturated heterocycles. The highest BCUT2D eigenvalue weighted by Crippen LogP contribution is 2.08. The minimum absolute atomic E-state index is 0.0890. The number of ether oxygens (including phenoxy) is 2. The monoisotopic (exact) mass is 275 g/mol. The van der Waals surface area contributed by atoms with Crippen LogP contribution in [0.3, 0.4) is 0 Å². The lowest BCUT2D eigenvalue weighted by atomic mass is 10.1. The second kappa shape index (κ2) is 7.08. The number of carbonyl (C=O) groups excluding carboxylic acids is 2. The molecule has 0 aromatic carbocycles. The average Bonchev–Trinajstić information content (AvgIpc) is 2.30. The van der Waals surface area contributed by atoms with Crippen LogP contribution in [-0.2, 0) is 23.9 Å². The number of amides is 1. The zero-order chi connectivity index (χ0) is 15.2. The summed E-state index contributed by atoms with van der Waals surface area (Å²) in [5.74, 6) is -3.96. The van der Waals surface area contributed by atoms with Crippen LogP contribution in [0.1, 0.15) is 27.7 Å². The van der Waals surface area contributed by atoms with E-state index in [0.717, 1.165) is 0 Å². The fourth-order valence-electron chi connectivity index (χ4n) is 1.05. The summed E-state index contributed by atoms with van der Waals surface area (Å²) in [7, 11) is 1.18. The van der Waals surface area contributed by atoms with Crippen LogP contribution in [0.2, 0.25) is 0 Å². The number of rotatable bonds is 6. The lowest BCUT2D eigenvalue weighted by molar-refractivity contribution is -0.152. The van der Waals surface area contributed by atoms with Gasteiger partial charge in [-0.05, 0) is 27.7 Å². The van der Waals surface area contributed by atoms with Gasteiger partial charge in [-0.2, -0.15) is 0 Å². The van der Waals surface area contributed by atoms with E-state index < -0.39 is 35.4 Å². The van der Waals surface area contributed by atoms with Crippen molar-refractivity contribution in [2.75, 3.05) is 13.7 Å². The van der Waals surface area contributed by atoms with Crippen LogP contribution < -0.4 is 5.32 Å². The molecule has 0 bridgehead atoms. The van der Waals surface area contributed by atoms with Crippen LogP contribution >= 0.6 is 0 Å². The van der Waals surface area contributed by atoms with E-state index in [1.165, 1.54) is 14.0 Å². The average molecular weight is 275 g/mol. The molecule has 0 rings (SSSR count). The molecule has 7 nitrogen and oxygen atoms in total. The van der Waals surface area contributed by atoms with Crippen LogP contribution in [0.15, 0.2) is 0 Å². The van der Waals surface area contributed by atoms with Gasteiger partial charge in [-0.15, -0.1) is 0 Å². The van der Waals surface area contributed by atoms with Gasteiger partial charge < -0.3 is 19.9 Å². The van der Waals surface area contributed by atoms with Gasteiger partial charge in [0.1, 0.15) is 5.92 Å². The van der Waals surface area contributed by atoms with Crippen molar-refractivity contribution in [3.8, 4) is 0 Å². The highest BCUT2D eigenvalue weighted by atomic mass is 16.5. The minimum atomic E-state index is -1.27. The zero-order valence-electron chi connectivity index (χ0n) is 11.9. The summed E-state index contributed by atoms with van der Waals surface area (Å²) in [6.45, 7) is 6.53. The molecule has 0 spiro atoms. The summed E-state index contributed by atoms with van der Waals surface area (Å²) < 4.78 is 9.93. The van der Waals surface area contributed by atoms with Crippen molar-refractivity contribution in [2.45, 2.75) is 39.3 Å². The summed E-state index contributed by atoms with van der Waals surface area (Å²) >= 11 is 0. The lowest BCUT2D eigenvalue weighted by Crippen LogP contribution is -2.48. The number of hydrogen-bond donors (Lipinski definition) is 2. The fraction of sp³-hybridized carbons (Fsp3) is 0.750. The van der Waals surface area contributed by atoms with E-state index in [2.05, 4.69) is 10.1 Å². The number of methoxy groups -OCH3 is 1. The summed E-state index contributed by atoms with van der Waals surface area (Å²) in [6, 6.07) is -1.03. The fourth-order valence-corrected chi connectivity index (χ4v) is 1.05. The zero-order valence-corrected chi connectivity index (χ0v) is 11.9. The number of carboxylic acid groups (broad SMARTS) is 1. The molecule has 2 N–H and O–H groups in total. The molecule has 0 aliphatic rings. The van der Waals surface area contributed by atoms with Gasteiger partial charge in [0.05, 0.1) is 19.3 Å². The second-order valence-electron chi connectivity index (χ2n) is 5.07. The quantitative estimate of drug-likeness (QED) is 0.529. The van der Waals surface area contributed by atoms with Crippen molar-refractivity contribution >= 4 is 17.8 Å². The first-order chi connectivity index (χ1) is 8.58. The lowest BCUT2D eigenvalue weighted by Gasteiger charge is -2.24. The second-order valence-corrected chi connectivity index (χ2v) is 5.07. The van der Waals surface area contributed by atoms with E-state index in [1.54, 1.807) is 20.8 Å². The van der Waals surface area contributed by atoms with E-state index in [-0.39, 0.29) is 6.61 Å². The molecule has 0 heterocycles. The summed E-state index contributed by atoms with van der Waals surface area (Å²) in [6.07, 6.45) is 0. The maximum absolute atomic E-state index is 11.6. The van der Waals surface area contributed by atoms with Crippen LogP contribution in [0, 0.1) is 5.92 Å². The van der Waals surface area contributed by atoms with Gasteiger partial charge in [-0.1, -0.05) is 0 Å². The van der Waals surface area contributed by atoms with Crippen molar-refractivity contribution in [2.24, 2.45) is 5.92 Å². The topological polar surface area (TPSA) is 102 Å². The molecule has 0 aliphatic heterocycles. The molecule has 2 atom stereocenters. The number of aliphatic carboxylic acids is 1. The van der Waals surface area contributed by atoms with E-state index in [0.29, 0.717) is 0 Å². The van der Waals surface area contributed by atoms with Crippen molar-refractivity contribution in [1.29, 1.82) is 0 Å². The predicted octanol–water partition coefficient (Wildman–Crippen LogP) is 0.180. The van der Waals surface area contributed by atoms with E-state index >= 15 is 0 Å². The Balaban J connectivity index is 4.65. The van der Waals surface area contributed by atoms with E-state index in [9.17, 15) is 14.4 Å². The number of carbonyl (C=O) groups is 3. The molecular formula is C12H21NO6. The number of nitrogens with one attached hydrogen (secondary N) is 1. The molecule has 0 radical (unpaired) electrons. The van der Waals surface area contributed by atoms with E-state index in [4.69, 9.17) is 9.84 Å². The smallest absolute Gasteiger partial charge is 0.330 e.